The van der Waals surface area contributed by atoms with Gasteiger partial charge in [-0.15, -0.1) is 0 Å². The third-order valence-corrected chi connectivity index (χ3v) is 4.47. The van der Waals surface area contributed by atoms with Gasteiger partial charge in [0.2, 0.25) is 0 Å². The first kappa shape index (κ1) is 20.0. The van der Waals surface area contributed by atoms with Gasteiger partial charge >= 0.3 is 11.9 Å². The van der Waals surface area contributed by atoms with Crippen molar-refractivity contribution < 1.29 is 19.4 Å². The van der Waals surface area contributed by atoms with Crippen LogP contribution in [0, 0.1) is 16.7 Å². The zero-order valence-corrected chi connectivity index (χ0v) is 16.4. The quantitative estimate of drug-likeness (QED) is 0.577. The second kappa shape index (κ2) is 7.10. The molecule has 140 valence electrons. The summed E-state index contributed by atoms with van der Waals surface area (Å²) < 4.78 is 5.77. The van der Waals surface area contributed by atoms with Gasteiger partial charge in [-0.25, -0.2) is 4.79 Å². The molecule has 1 unspecified atom stereocenters. The fourth-order valence-electron chi connectivity index (χ4n) is 3.09. The lowest BCUT2D eigenvalue weighted by molar-refractivity contribution is -0.144. The highest BCUT2D eigenvalue weighted by Gasteiger charge is 2.36. The summed E-state index contributed by atoms with van der Waals surface area (Å²) in [4.78, 5) is 24.4. The van der Waals surface area contributed by atoms with Gasteiger partial charge in [-0.3, -0.25) is 4.79 Å². The van der Waals surface area contributed by atoms with E-state index in [-0.39, 0.29) is 28.3 Å². The van der Waals surface area contributed by atoms with Crippen LogP contribution in [0.4, 0.5) is 0 Å². The minimum atomic E-state index is -1.00. The number of carboxylic acid groups (broad SMARTS) is 1. The van der Waals surface area contributed by atoms with E-state index in [1.165, 1.54) is 0 Å². The lowest BCUT2D eigenvalue weighted by Crippen LogP contribution is -2.35. The molecule has 4 heteroatoms. The highest BCUT2D eigenvalue weighted by Crippen LogP contribution is 2.38. The van der Waals surface area contributed by atoms with Crippen molar-refractivity contribution in [1.82, 2.24) is 0 Å². The SMILES string of the molecule is CC(C)(C)CC(C(=O)Oc1cccc2c(C(=O)O)cccc12)C(C)(C)C. The molecule has 26 heavy (non-hydrogen) atoms. The summed E-state index contributed by atoms with van der Waals surface area (Å²) in [6.45, 7) is 12.4. The van der Waals surface area contributed by atoms with Crippen LogP contribution in [0.25, 0.3) is 10.8 Å². The van der Waals surface area contributed by atoms with E-state index in [0.717, 1.165) is 0 Å². The monoisotopic (exact) mass is 356 g/mol. The molecule has 0 aromatic heterocycles. The Morgan fingerprint density at radius 3 is 2.08 bits per heavy atom. The fraction of sp³-hybridized carbons (Fsp3) is 0.455. The molecular formula is C22H28O4. The molecule has 0 spiro atoms. The van der Waals surface area contributed by atoms with Gasteiger partial charge in [0, 0.05) is 5.39 Å². The molecule has 0 amide bonds. The van der Waals surface area contributed by atoms with Gasteiger partial charge < -0.3 is 9.84 Å². The van der Waals surface area contributed by atoms with Crippen LogP contribution in [0.15, 0.2) is 36.4 Å². The summed E-state index contributed by atoms with van der Waals surface area (Å²) in [7, 11) is 0. The zero-order chi connectivity index (χ0) is 19.7. The molecule has 2 aromatic rings. The summed E-state index contributed by atoms with van der Waals surface area (Å²) in [5.41, 5.74) is -0.0460. The minimum Gasteiger partial charge on any atom is -0.478 e. The van der Waals surface area contributed by atoms with Crippen molar-refractivity contribution in [2.75, 3.05) is 0 Å². The molecular weight excluding hydrogens is 328 g/mol. The first-order chi connectivity index (χ1) is 11.9. The van der Waals surface area contributed by atoms with Gasteiger partial charge in [0.15, 0.2) is 0 Å². The molecule has 2 rings (SSSR count). The Labute approximate surface area is 155 Å². The number of hydrogen-bond donors (Lipinski definition) is 1. The number of fused-ring (bicyclic) bond motifs is 1. The van der Waals surface area contributed by atoms with Crippen molar-refractivity contribution >= 4 is 22.7 Å². The number of hydrogen-bond acceptors (Lipinski definition) is 3. The van der Waals surface area contributed by atoms with Crippen molar-refractivity contribution in [2.45, 2.75) is 48.0 Å². The highest BCUT2D eigenvalue weighted by molar-refractivity contribution is 6.05. The van der Waals surface area contributed by atoms with Gasteiger partial charge in [0.05, 0.1) is 11.5 Å². The van der Waals surface area contributed by atoms with Crippen LogP contribution in [0.3, 0.4) is 0 Å². The Morgan fingerprint density at radius 1 is 0.962 bits per heavy atom. The molecule has 0 fully saturated rings. The Morgan fingerprint density at radius 2 is 1.54 bits per heavy atom. The number of benzene rings is 2. The van der Waals surface area contributed by atoms with E-state index >= 15 is 0 Å². The first-order valence-corrected chi connectivity index (χ1v) is 8.87. The van der Waals surface area contributed by atoms with Crippen molar-refractivity contribution in [3.8, 4) is 5.75 Å². The van der Waals surface area contributed by atoms with E-state index in [9.17, 15) is 14.7 Å². The number of carbonyl (C=O) groups is 2. The summed E-state index contributed by atoms with van der Waals surface area (Å²) in [6, 6.07) is 10.1. The zero-order valence-electron chi connectivity index (χ0n) is 16.4. The van der Waals surface area contributed by atoms with Crippen LogP contribution in [0.1, 0.15) is 58.3 Å². The number of aromatic carboxylic acids is 1. The molecule has 0 radical (unpaired) electrons. The summed E-state index contributed by atoms with van der Waals surface area (Å²) in [6.07, 6.45) is 0.709. The van der Waals surface area contributed by atoms with Crippen molar-refractivity contribution in [3.63, 3.8) is 0 Å². The molecule has 2 aromatic carbocycles. The molecule has 4 nitrogen and oxygen atoms in total. The lowest BCUT2D eigenvalue weighted by Gasteiger charge is -2.33. The maximum atomic E-state index is 13.0. The normalized spacial score (nSPS) is 13.5. The van der Waals surface area contributed by atoms with Gasteiger partial charge in [-0.1, -0.05) is 65.8 Å². The molecule has 0 aliphatic rings. The standard InChI is InChI=1S/C22H28O4/c1-21(2,3)13-17(22(4,5)6)20(25)26-18-12-8-9-14-15(18)10-7-11-16(14)19(23)24/h7-12,17H,13H2,1-6H3,(H,23,24). The Kier molecular flexibility index (Phi) is 5.45. The Hall–Kier alpha value is -2.36. The molecule has 0 heterocycles. The van der Waals surface area contributed by atoms with Crippen molar-refractivity contribution in [1.29, 1.82) is 0 Å². The van der Waals surface area contributed by atoms with Crippen molar-refractivity contribution in [3.05, 3.63) is 42.0 Å². The predicted molar refractivity (Wildman–Crippen MR) is 104 cm³/mol. The Balaban J connectivity index is 2.42. The first-order valence-electron chi connectivity index (χ1n) is 8.87. The largest absolute Gasteiger partial charge is 0.478 e. The highest BCUT2D eigenvalue weighted by atomic mass is 16.5. The van der Waals surface area contributed by atoms with Crippen LogP contribution < -0.4 is 4.74 Å². The van der Waals surface area contributed by atoms with E-state index in [1.54, 1.807) is 36.4 Å². The molecule has 0 saturated heterocycles. The van der Waals surface area contributed by atoms with E-state index < -0.39 is 5.97 Å². The number of esters is 1. The number of rotatable bonds is 4. The average Bonchev–Trinajstić information content (AvgIpc) is 2.50. The van der Waals surface area contributed by atoms with Crippen LogP contribution in [0.2, 0.25) is 0 Å². The number of carboxylic acids is 1. The van der Waals surface area contributed by atoms with Gasteiger partial charge in [-0.05, 0) is 34.8 Å². The smallest absolute Gasteiger partial charge is 0.336 e. The summed E-state index contributed by atoms with van der Waals surface area (Å²) in [5, 5.41) is 10.6. The van der Waals surface area contributed by atoms with Crippen LogP contribution in [0.5, 0.6) is 5.75 Å². The lowest BCUT2D eigenvalue weighted by atomic mass is 9.72. The van der Waals surface area contributed by atoms with E-state index in [4.69, 9.17) is 4.74 Å². The third-order valence-electron chi connectivity index (χ3n) is 4.47. The average molecular weight is 356 g/mol. The second-order valence-electron chi connectivity index (χ2n) is 9.07. The summed E-state index contributed by atoms with van der Waals surface area (Å²) >= 11 is 0. The van der Waals surface area contributed by atoms with Gasteiger partial charge in [0.25, 0.3) is 0 Å². The summed E-state index contributed by atoms with van der Waals surface area (Å²) in [5.74, 6) is -1.14. The number of carbonyl (C=O) groups excluding carboxylic acids is 1. The third kappa shape index (κ3) is 4.63. The van der Waals surface area contributed by atoms with Gasteiger partial charge in [-0.2, -0.15) is 0 Å². The minimum absolute atomic E-state index is 0.00774. The van der Waals surface area contributed by atoms with E-state index in [2.05, 4.69) is 20.8 Å². The predicted octanol–water partition coefficient (Wildman–Crippen LogP) is 5.54. The molecule has 1 atom stereocenters. The number of ether oxygens (including phenoxy) is 1. The molecule has 0 aliphatic heterocycles. The van der Waals surface area contributed by atoms with Crippen LogP contribution in [-0.4, -0.2) is 17.0 Å². The molecule has 0 bridgehead atoms. The van der Waals surface area contributed by atoms with Crippen LogP contribution >= 0.6 is 0 Å². The fourth-order valence-corrected chi connectivity index (χ4v) is 3.09. The molecule has 1 N–H and O–H groups in total. The van der Waals surface area contributed by atoms with Crippen molar-refractivity contribution in [2.24, 2.45) is 16.7 Å². The van der Waals surface area contributed by atoms with Gasteiger partial charge in [0.1, 0.15) is 5.75 Å². The maximum absolute atomic E-state index is 13.0. The van der Waals surface area contributed by atoms with E-state index in [0.29, 0.717) is 22.9 Å². The van der Waals surface area contributed by atoms with E-state index in [1.807, 2.05) is 20.8 Å². The van der Waals surface area contributed by atoms with Crippen LogP contribution in [-0.2, 0) is 4.79 Å². The molecule has 0 aliphatic carbocycles. The Bertz CT molecular complexity index is 822. The molecule has 0 saturated carbocycles. The second-order valence-corrected chi connectivity index (χ2v) is 9.07. The topological polar surface area (TPSA) is 63.6 Å². The maximum Gasteiger partial charge on any atom is 0.336 e.